The maximum absolute atomic E-state index is 13.4. The Morgan fingerprint density at radius 3 is 2.25 bits per heavy atom. The molecule has 10 heteroatoms. The van der Waals surface area contributed by atoms with E-state index in [1.54, 1.807) is 44.2 Å². The first-order chi connectivity index (χ1) is 13.2. The minimum Gasteiger partial charge on any atom is -0.289 e. The van der Waals surface area contributed by atoms with Crippen LogP contribution in [0.2, 0.25) is 0 Å². The number of nitrogens with zero attached hydrogens (tertiary/aromatic N) is 2. The van der Waals surface area contributed by atoms with Gasteiger partial charge >= 0.3 is 0 Å². The lowest BCUT2D eigenvalue weighted by Gasteiger charge is -2.31. The maximum atomic E-state index is 13.4. The predicted molar refractivity (Wildman–Crippen MR) is 101 cm³/mol. The summed E-state index contributed by atoms with van der Waals surface area (Å²) in [4.78, 5) is 22.3. The Hall–Kier alpha value is -2.82. The summed E-state index contributed by atoms with van der Waals surface area (Å²) < 4.78 is 27.7. The fourth-order valence-corrected chi connectivity index (χ4v) is 4.75. The highest BCUT2D eigenvalue weighted by molar-refractivity contribution is 7.89. The number of hydrogen-bond donors (Lipinski definition) is 2. The van der Waals surface area contributed by atoms with E-state index < -0.39 is 43.4 Å². The summed E-state index contributed by atoms with van der Waals surface area (Å²) in [5, 5.41) is 20.5. The van der Waals surface area contributed by atoms with Crippen molar-refractivity contribution in [1.82, 2.24) is 9.79 Å². The molecule has 0 radical (unpaired) electrons. The molecule has 0 spiro atoms. The highest BCUT2D eigenvalue weighted by Crippen LogP contribution is 2.30. The Kier molecular flexibility index (Phi) is 6.84. The number of nitro groups is 1. The molecule has 0 heterocycles. The van der Waals surface area contributed by atoms with E-state index in [9.17, 15) is 23.3 Å². The Morgan fingerprint density at radius 2 is 1.71 bits per heavy atom. The number of carbonyl (C=O) groups is 1. The van der Waals surface area contributed by atoms with Crippen LogP contribution in [0.4, 0.5) is 5.69 Å². The van der Waals surface area contributed by atoms with Crippen LogP contribution in [0.25, 0.3) is 0 Å². The molecule has 0 saturated carbocycles. The van der Waals surface area contributed by atoms with Gasteiger partial charge in [0.1, 0.15) is 6.04 Å². The van der Waals surface area contributed by atoms with Crippen LogP contribution in [0.5, 0.6) is 0 Å². The first-order valence-corrected chi connectivity index (χ1v) is 9.87. The molecule has 1 atom stereocenters. The third kappa shape index (κ3) is 4.53. The summed E-state index contributed by atoms with van der Waals surface area (Å²) in [6, 6.07) is 12.2. The van der Waals surface area contributed by atoms with Crippen LogP contribution in [0, 0.1) is 16.0 Å². The Balaban J connectivity index is 2.66. The minimum atomic E-state index is -4.45. The number of sulfonamides is 1. The van der Waals surface area contributed by atoms with Gasteiger partial charge in [-0.25, -0.2) is 13.9 Å². The molecular formula is C18H21N3O6S. The van der Waals surface area contributed by atoms with Gasteiger partial charge in [0.2, 0.25) is 0 Å². The minimum absolute atomic E-state index is 0.203. The van der Waals surface area contributed by atoms with Gasteiger partial charge in [0.05, 0.1) is 4.92 Å². The van der Waals surface area contributed by atoms with E-state index in [1.165, 1.54) is 17.6 Å². The van der Waals surface area contributed by atoms with Crippen molar-refractivity contribution in [2.45, 2.75) is 31.3 Å². The lowest BCUT2D eigenvalue weighted by Crippen LogP contribution is -2.51. The van der Waals surface area contributed by atoms with Crippen molar-refractivity contribution in [3.8, 4) is 0 Å². The zero-order chi connectivity index (χ0) is 20.9. The third-order valence-electron chi connectivity index (χ3n) is 4.15. The second-order valence-corrected chi connectivity index (χ2v) is 8.28. The zero-order valence-corrected chi connectivity index (χ0v) is 16.2. The first-order valence-electron chi connectivity index (χ1n) is 8.43. The fourth-order valence-electron chi connectivity index (χ4n) is 2.88. The van der Waals surface area contributed by atoms with Gasteiger partial charge < -0.3 is 0 Å². The van der Waals surface area contributed by atoms with Crippen LogP contribution >= 0.6 is 0 Å². The summed E-state index contributed by atoms with van der Waals surface area (Å²) in [6.07, 6.45) is 0. The van der Waals surface area contributed by atoms with E-state index >= 15 is 0 Å². The lowest BCUT2D eigenvalue weighted by molar-refractivity contribution is -0.387. The van der Waals surface area contributed by atoms with Crippen LogP contribution < -0.4 is 5.48 Å². The van der Waals surface area contributed by atoms with Gasteiger partial charge in [-0.2, -0.15) is 4.31 Å². The van der Waals surface area contributed by atoms with E-state index in [0.717, 1.165) is 16.4 Å². The van der Waals surface area contributed by atoms with Gasteiger partial charge in [0, 0.05) is 12.6 Å². The lowest BCUT2D eigenvalue weighted by atomic mass is 10.0. The van der Waals surface area contributed by atoms with Gasteiger partial charge in [0.15, 0.2) is 4.90 Å². The molecular weight excluding hydrogens is 386 g/mol. The molecule has 28 heavy (non-hydrogen) atoms. The number of hydrogen-bond acceptors (Lipinski definition) is 6. The number of nitrogens with one attached hydrogen (secondary N) is 1. The molecule has 0 saturated heterocycles. The van der Waals surface area contributed by atoms with Crippen molar-refractivity contribution in [1.29, 1.82) is 0 Å². The number of para-hydroxylation sites is 1. The second-order valence-electron chi connectivity index (χ2n) is 6.43. The van der Waals surface area contributed by atoms with Crippen molar-refractivity contribution < 1.29 is 23.3 Å². The summed E-state index contributed by atoms with van der Waals surface area (Å²) in [6.45, 7) is 3.03. The zero-order valence-electron chi connectivity index (χ0n) is 15.3. The van der Waals surface area contributed by atoms with E-state index in [-0.39, 0.29) is 6.54 Å². The van der Waals surface area contributed by atoms with Crippen molar-refractivity contribution in [2.75, 3.05) is 0 Å². The van der Waals surface area contributed by atoms with Crippen molar-refractivity contribution >= 4 is 21.6 Å². The largest absolute Gasteiger partial charge is 0.289 e. The highest BCUT2D eigenvalue weighted by atomic mass is 32.2. The van der Waals surface area contributed by atoms with Crippen LogP contribution in [0.1, 0.15) is 19.4 Å². The van der Waals surface area contributed by atoms with E-state index in [2.05, 4.69) is 0 Å². The predicted octanol–water partition coefficient (Wildman–Crippen LogP) is 2.32. The molecule has 2 rings (SSSR count). The Labute approximate surface area is 162 Å². The summed E-state index contributed by atoms with van der Waals surface area (Å²) in [7, 11) is -4.45. The summed E-state index contributed by atoms with van der Waals surface area (Å²) >= 11 is 0. The topological polar surface area (TPSA) is 130 Å². The molecule has 0 bridgehead atoms. The van der Waals surface area contributed by atoms with Gasteiger partial charge in [-0.1, -0.05) is 56.3 Å². The molecule has 150 valence electrons. The van der Waals surface area contributed by atoms with Gasteiger partial charge in [0.25, 0.3) is 21.6 Å². The Bertz CT molecular complexity index is 947. The van der Waals surface area contributed by atoms with Crippen molar-refractivity contribution in [3.63, 3.8) is 0 Å². The van der Waals surface area contributed by atoms with E-state index in [1.807, 2.05) is 0 Å². The third-order valence-corrected chi connectivity index (χ3v) is 6.03. The molecule has 1 amide bonds. The molecule has 0 fully saturated rings. The summed E-state index contributed by atoms with van der Waals surface area (Å²) in [5.74, 6) is -1.44. The molecule has 2 aromatic carbocycles. The number of hydroxylamine groups is 1. The second kappa shape index (κ2) is 8.91. The van der Waals surface area contributed by atoms with Crippen molar-refractivity contribution in [2.24, 2.45) is 5.92 Å². The average molecular weight is 407 g/mol. The number of benzene rings is 2. The Morgan fingerprint density at radius 1 is 1.14 bits per heavy atom. The first kappa shape index (κ1) is 21.5. The number of nitro benzene ring substituents is 1. The number of amides is 1. The quantitative estimate of drug-likeness (QED) is 0.392. The van der Waals surface area contributed by atoms with Crippen LogP contribution in [0.3, 0.4) is 0 Å². The smallest absolute Gasteiger partial charge is 0.289 e. The van der Waals surface area contributed by atoms with Crippen LogP contribution in [0.15, 0.2) is 59.5 Å². The molecule has 2 N–H and O–H groups in total. The molecule has 0 aliphatic heterocycles. The van der Waals surface area contributed by atoms with Crippen LogP contribution in [-0.2, 0) is 21.4 Å². The molecule has 0 aromatic heterocycles. The molecule has 9 nitrogen and oxygen atoms in total. The monoisotopic (exact) mass is 407 g/mol. The van der Waals surface area contributed by atoms with Gasteiger partial charge in [-0.05, 0) is 17.5 Å². The van der Waals surface area contributed by atoms with Gasteiger partial charge in [-0.3, -0.25) is 20.1 Å². The van der Waals surface area contributed by atoms with Crippen LogP contribution in [-0.4, -0.2) is 34.8 Å². The summed E-state index contributed by atoms with van der Waals surface area (Å²) in [5.41, 5.74) is 1.49. The number of carbonyl (C=O) groups excluding carboxylic acids is 1. The molecule has 0 aliphatic rings. The SMILES string of the molecule is CC(C)[C@@H](C(=O)NO)N(Cc1ccccc1)S(=O)(=O)c1ccccc1[N+](=O)[O-]. The highest BCUT2D eigenvalue weighted by Gasteiger charge is 2.40. The molecule has 0 aliphatic carbocycles. The van der Waals surface area contributed by atoms with Gasteiger partial charge in [-0.15, -0.1) is 0 Å². The normalized spacial score (nSPS) is 12.8. The average Bonchev–Trinajstić information content (AvgIpc) is 2.67. The standard InChI is InChI=1S/C18H21N3O6S/c1-13(2)17(18(22)19-23)20(12-14-8-4-3-5-9-14)28(26,27)16-11-7-6-10-15(16)21(24)25/h3-11,13,17,23H,12H2,1-2H3,(H,19,22)/t17-/m0/s1. The molecule has 2 aromatic rings. The molecule has 0 unspecified atom stereocenters. The van der Waals surface area contributed by atoms with E-state index in [4.69, 9.17) is 5.21 Å². The fraction of sp³-hybridized carbons (Fsp3) is 0.278. The number of rotatable bonds is 8. The van der Waals surface area contributed by atoms with Crippen molar-refractivity contribution in [3.05, 3.63) is 70.3 Å². The van der Waals surface area contributed by atoms with E-state index in [0.29, 0.717) is 5.56 Å². The maximum Gasteiger partial charge on any atom is 0.289 e.